The molecule has 1 spiro atoms. The summed E-state index contributed by atoms with van der Waals surface area (Å²) in [7, 11) is 0. The number of benzene rings is 2. The highest BCUT2D eigenvalue weighted by atomic mass is 16.6. The van der Waals surface area contributed by atoms with Crippen molar-refractivity contribution >= 4 is 11.5 Å². The zero-order chi connectivity index (χ0) is 17.4. The lowest BCUT2D eigenvalue weighted by molar-refractivity contribution is -0.149. The molecule has 0 saturated heterocycles. The molecule has 0 aromatic heterocycles. The maximum Gasteiger partial charge on any atom is 0.343 e. The monoisotopic (exact) mass is 334 g/mol. The average Bonchev–Trinajstić information content (AvgIpc) is 2.86. The van der Waals surface area contributed by atoms with Gasteiger partial charge in [-0.05, 0) is 54.9 Å². The average molecular weight is 334 g/mol. The molecule has 1 N–H and O–H groups in total. The summed E-state index contributed by atoms with van der Waals surface area (Å²) in [4.78, 5) is 12.5. The van der Waals surface area contributed by atoms with Crippen LogP contribution in [-0.2, 0) is 9.53 Å². The second-order valence-corrected chi connectivity index (χ2v) is 7.06. The van der Waals surface area contributed by atoms with E-state index in [1.807, 2.05) is 37.3 Å². The lowest BCUT2D eigenvalue weighted by Gasteiger charge is -2.31. The van der Waals surface area contributed by atoms with Crippen molar-refractivity contribution < 1.29 is 14.6 Å². The Labute approximate surface area is 148 Å². The van der Waals surface area contributed by atoms with Gasteiger partial charge in [0, 0.05) is 0 Å². The number of aliphatic hydroxyl groups excluding tert-OH is 1. The van der Waals surface area contributed by atoms with Gasteiger partial charge in [-0.25, -0.2) is 4.79 Å². The summed E-state index contributed by atoms with van der Waals surface area (Å²) in [6, 6.07) is 16.1. The molecule has 2 aromatic rings. The second-order valence-electron chi connectivity index (χ2n) is 7.06. The summed E-state index contributed by atoms with van der Waals surface area (Å²) in [6.07, 6.45) is 4.53. The third-order valence-corrected chi connectivity index (χ3v) is 5.42. The van der Waals surface area contributed by atoms with Crippen LogP contribution in [-0.4, -0.2) is 16.7 Å². The Morgan fingerprint density at radius 2 is 1.68 bits per heavy atom. The maximum atomic E-state index is 12.5. The Morgan fingerprint density at radius 1 is 0.960 bits per heavy atom. The van der Waals surface area contributed by atoms with E-state index in [9.17, 15) is 9.90 Å². The van der Waals surface area contributed by atoms with Crippen LogP contribution in [0.3, 0.4) is 0 Å². The van der Waals surface area contributed by atoms with Gasteiger partial charge < -0.3 is 9.84 Å². The minimum Gasteiger partial charge on any atom is -0.507 e. The number of hydrogen-bond donors (Lipinski definition) is 1. The molecule has 1 saturated carbocycles. The van der Waals surface area contributed by atoms with Crippen LogP contribution in [0.2, 0.25) is 0 Å². The molecule has 1 fully saturated rings. The minimum absolute atomic E-state index is 0.132. The van der Waals surface area contributed by atoms with E-state index in [1.54, 1.807) is 0 Å². The summed E-state index contributed by atoms with van der Waals surface area (Å²) in [5, 5.41) is 10.8. The first-order valence-corrected chi connectivity index (χ1v) is 8.94. The second kappa shape index (κ2) is 6.07. The van der Waals surface area contributed by atoms with Crippen LogP contribution in [0.1, 0.15) is 43.2 Å². The third kappa shape index (κ3) is 2.64. The molecule has 1 heterocycles. The van der Waals surface area contributed by atoms with Gasteiger partial charge in [0.15, 0.2) is 11.4 Å². The SMILES string of the molecule is Cc1cc(-c2ccccc2)ccc1C1=C(O)C2(CCCCC2)OC1=O. The first-order chi connectivity index (χ1) is 12.1. The van der Waals surface area contributed by atoms with Crippen LogP contribution in [0, 0.1) is 6.92 Å². The van der Waals surface area contributed by atoms with Gasteiger partial charge in [-0.15, -0.1) is 0 Å². The van der Waals surface area contributed by atoms with Gasteiger partial charge >= 0.3 is 5.97 Å². The predicted octanol–water partition coefficient (Wildman–Crippen LogP) is 5.19. The third-order valence-electron chi connectivity index (χ3n) is 5.42. The van der Waals surface area contributed by atoms with Crippen molar-refractivity contribution in [1.82, 2.24) is 0 Å². The summed E-state index contributed by atoms with van der Waals surface area (Å²) in [5.41, 5.74) is 3.53. The highest BCUT2D eigenvalue weighted by Gasteiger charge is 2.49. The fourth-order valence-electron chi connectivity index (χ4n) is 4.05. The molecule has 0 atom stereocenters. The van der Waals surface area contributed by atoms with E-state index < -0.39 is 11.6 Å². The van der Waals surface area contributed by atoms with E-state index >= 15 is 0 Å². The van der Waals surface area contributed by atoms with Crippen LogP contribution in [0.25, 0.3) is 16.7 Å². The van der Waals surface area contributed by atoms with Crippen molar-refractivity contribution in [3.63, 3.8) is 0 Å². The molecule has 1 aliphatic carbocycles. The largest absolute Gasteiger partial charge is 0.507 e. The highest BCUT2D eigenvalue weighted by molar-refractivity contribution is 6.20. The standard InChI is InChI=1S/C22H22O3/c1-15-14-17(16-8-4-2-5-9-16)10-11-18(15)19-20(23)22(25-21(19)24)12-6-3-7-13-22/h2,4-5,8-11,14,23H,3,6-7,12-13H2,1H3. The van der Waals surface area contributed by atoms with Gasteiger partial charge in [0.2, 0.25) is 0 Å². The van der Waals surface area contributed by atoms with Crippen LogP contribution in [0.15, 0.2) is 54.3 Å². The van der Waals surface area contributed by atoms with E-state index in [2.05, 4.69) is 18.2 Å². The van der Waals surface area contributed by atoms with Gasteiger partial charge in [-0.2, -0.15) is 0 Å². The van der Waals surface area contributed by atoms with Crippen molar-refractivity contribution in [2.45, 2.75) is 44.6 Å². The molecular formula is C22H22O3. The minimum atomic E-state index is -0.783. The van der Waals surface area contributed by atoms with Crippen molar-refractivity contribution in [2.24, 2.45) is 0 Å². The Morgan fingerprint density at radius 3 is 2.36 bits per heavy atom. The fraction of sp³-hybridized carbons (Fsp3) is 0.318. The van der Waals surface area contributed by atoms with Crippen molar-refractivity contribution in [1.29, 1.82) is 0 Å². The number of aliphatic hydroxyl groups is 1. The lowest BCUT2D eigenvalue weighted by Crippen LogP contribution is -2.34. The molecule has 0 radical (unpaired) electrons. The zero-order valence-electron chi connectivity index (χ0n) is 14.4. The molecule has 4 rings (SSSR count). The van der Waals surface area contributed by atoms with E-state index in [-0.39, 0.29) is 5.76 Å². The van der Waals surface area contributed by atoms with Gasteiger partial charge in [-0.1, -0.05) is 55.0 Å². The first-order valence-electron chi connectivity index (χ1n) is 8.94. The predicted molar refractivity (Wildman–Crippen MR) is 98.1 cm³/mol. The molecule has 2 aromatic carbocycles. The number of esters is 1. The normalized spacial score (nSPS) is 19.3. The van der Waals surface area contributed by atoms with Gasteiger partial charge in [0.05, 0.1) is 0 Å². The van der Waals surface area contributed by atoms with Crippen molar-refractivity contribution in [3.05, 3.63) is 65.4 Å². The number of hydrogen-bond acceptors (Lipinski definition) is 3. The highest BCUT2D eigenvalue weighted by Crippen LogP contribution is 2.45. The van der Waals surface area contributed by atoms with Crippen LogP contribution >= 0.6 is 0 Å². The fourth-order valence-corrected chi connectivity index (χ4v) is 4.05. The molecule has 0 bridgehead atoms. The smallest absolute Gasteiger partial charge is 0.343 e. The zero-order valence-corrected chi connectivity index (χ0v) is 14.4. The first kappa shape index (κ1) is 15.9. The number of aryl methyl sites for hydroxylation is 1. The van der Waals surface area contributed by atoms with Gasteiger partial charge in [0.25, 0.3) is 0 Å². The maximum absolute atomic E-state index is 12.5. The molecule has 2 aliphatic rings. The summed E-state index contributed by atoms with van der Waals surface area (Å²) < 4.78 is 5.68. The van der Waals surface area contributed by atoms with Gasteiger partial charge in [-0.3, -0.25) is 0 Å². The lowest BCUT2D eigenvalue weighted by atomic mass is 9.82. The Kier molecular flexibility index (Phi) is 3.87. The van der Waals surface area contributed by atoms with Crippen LogP contribution in [0.4, 0.5) is 0 Å². The summed E-state index contributed by atoms with van der Waals surface area (Å²) in [6.45, 7) is 1.97. The Balaban J connectivity index is 1.75. The molecule has 1 aliphatic heterocycles. The van der Waals surface area contributed by atoms with E-state index in [1.165, 1.54) is 0 Å². The van der Waals surface area contributed by atoms with E-state index in [4.69, 9.17) is 4.74 Å². The number of carbonyl (C=O) groups is 1. The molecule has 0 amide bonds. The Bertz CT molecular complexity index is 843. The molecule has 25 heavy (non-hydrogen) atoms. The number of rotatable bonds is 2. The van der Waals surface area contributed by atoms with E-state index in [0.717, 1.165) is 54.4 Å². The summed E-state index contributed by atoms with van der Waals surface area (Å²) >= 11 is 0. The van der Waals surface area contributed by atoms with Crippen molar-refractivity contribution in [2.75, 3.05) is 0 Å². The molecule has 128 valence electrons. The van der Waals surface area contributed by atoms with E-state index in [0.29, 0.717) is 5.57 Å². The molecule has 3 nitrogen and oxygen atoms in total. The van der Waals surface area contributed by atoms with Crippen LogP contribution < -0.4 is 0 Å². The molecular weight excluding hydrogens is 312 g/mol. The van der Waals surface area contributed by atoms with Gasteiger partial charge in [0.1, 0.15) is 5.57 Å². The van der Waals surface area contributed by atoms with Crippen molar-refractivity contribution in [3.8, 4) is 11.1 Å². The number of ether oxygens (including phenoxy) is 1. The Hall–Kier alpha value is -2.55. The topological polar surface area (TPSA) is 46.5 Å². The quantitative estimate of drug-likeness (QED) is 0.769. The number of carbonyl (C=O) groups excluding carboxylic acids is 1. The molecule has 3 heteroatoms. The van der Waals surface area contributed by atoms with Crippen LogP contribution in [0.5, 0.6) is 0 Å². The summed E-state index contributed by atoms with van der Waals surface area (Å²) in [5.74, 6) is -0.261. The molecule has 0 unspecified atom stereocenters.